The van der Waals surface area contributed by atoms with Gasteiger partial charge in [0.25, 0.3) is 5.91 Å². The molecule has 0 unspecified atom stereocenters. The first-order valence-corrected chi connectivity index (χ1v) is 12.0. The van der Waals surface area contributed by atoms with Crippen molar-refractivity contribution in [1.29, 1.82) is 0 Å². The maximum absolute atomic E-state index is 12.6. The Labute approximate surface area is 176 Å². The van der Waals surface area contributed by atoms with Gasteiger partial charge in [-0.1, -0.05) is 13.8 Å². The minimum absolute atomic E-state index is 0.224. The summed E-state index contributed by atoms with van der Waals surface area (Å²) in [6.07, 6.45) is 6.92. The van der Waals surface area contributed by atoms with Crippen molar-refractivity contribution in [3.63, 3.8) is 0 Å². The molecule has 1 fully saturated rings. The minimum atomic E-state index is -3.67. The van der Waals surface area contributed by atoms with Crippen molar-refractivity contribution >= 4 is 38.3 Å². The Morgan fingerprint density at radius 3 is 2.67 bits per heavy atom. The van der Waals surface area contributed by atoms with Gasteiger partial charge in [0.2, 0.25) is 10.0 Å². The molecule has 2 N–H and O–H groups in total. The molecule has 3 aromatic rings. The highest BCUT2D eigenvalue weighted by atomic mass is 32.2. The van der Waals surface area contributed by atoms with Crippen LogP contribution in [0.15, 0.2) is 42.7 Å². The first-order valence-electron chi connectivity index (χ1n) is 10.1. The van der Waals surface area contributed by atoms with E-state index in [-0.39, 0.29) is 5.56 Å². The van der Waals surface area contributed by atoms with E-state index in [0.29, 0.717) is 17.7 Å². The molecule has 0 saturated heterocycles. The normalized spacial score (nSPS) is 14.3. The molecule has 1 saturated carbocycles. The number of pyridine rings is 1. The molecule has 0 bridgehead atoms. The number of benzene rings is 1. The van der Waals surface area contributed by atoms with Crippen LogP contribution in [0.2, 0.25) is 0 Å². The number of rotatable bonds is 7. The molecule has 30 heavy (non-hydrogen) atoms. The number of sulfonamides is 1. The van der Waals surface area contributed by atoms with E-state index in [0.717, 1.165) is 47.8 Å². The van der Waals surface area contributed by atoms with Crippen LogP contribution >= 0.6 is 0 Å². The lowest BCUT2D eigenvalue weighted by atomic mass is 10.1. The summed E-state index contributed by atoms with van der Waals surface area (Å²) in [6.45, 7) is 5.31. The molecular weight excluding hydrogens is 400 g/mol. The number of aromatic nitrogens is 2. The second-order valence-electron chi connectivity index (χ2n) is 8.40. The van der Waals surface area contributed by atoms with E-state index >= 15 is 0 Å². The highest BCUT2D eigenvalue weighted by Gasteiger charge is 2.26. The van der Waals surface area contributed by atoms with Crippen molar-refractivity contribution in [3.05, 3.63) is 53.9 Å². The maximum Gasteiger partial charge on any atom is 0.268 e. The van der Waals surface area contributed by atoms with Gasteiger partial charge in [-0.15, -0.1) is 0 Å². The number of amides is 1. The van der Waals surface area contributed by atoms with E-state index in [1.807, 2.05) is 22.9 Å². The zero-order valence-corrected chi connectivity index (χ0v) is 18.2. The van der Waals surface area contributed by atoms with Crippen LogP contribution in [0.4, 0.5) is 11.5 Å². The van der Waals surface area contributed by atoms with Crippen LogP contribution in [0.25, 0.3) is 10.9 Å². The Bertz CT molecular complexity index is 1210. The fourth-order valence-corrected chi connectivity index (χ4v) is 4.03. The third-order valence-corrected chi connectivity index (χ3v) is 5.63. The fourth-order valence-electron chi connectivity index (χ4n) is 3.58. The van der Waals surface area contributed by atoms with Gasteiger partial charge in [0.05, 0.1) is 11.8 Å². The SMILES string of the molecule is CC(C)Cn1ccc2cc(Nc3ncc(C4CC4)cc3C(=O)NS(C)(=O)=O)ccc21. The quantitative estimate of drug-likeness (QED) is 0.596. The Morgan fingerprint density at radius 1 is 1.23 bits per heavy atom. The van der Waals surface area contributed by atoms with Crippen LogP contribution in [-0.2, 0) is 16.6 Å². The summed E-state index contributed by atoms with van der Waals surface area (Å²) >= 11 is 0. The van der Waals surface area contributed by atoms with Gasteiger partial charge < -0.3 is 9.88 Å². The molecule has 2 heterocycles. The molecule has 0 atom stereocenters. The largest absolute Gasteiger partial charge is 0.347 e. The summed E-state index contributed by atoms with van der Waals surface area (Å²) in [4.78, 5) is 17.1. The average Bonchev–Trinajstić information content (AvgIpc) is 3.43. The van der Waals surface area contributed by atoms with Crippen LogP contribution in [0.3, 0.4) is 0 Å². The zero-order chi connectivity index (χ0) is 21.5. The maximum atomic E-state index is 12.6. The standard InChI is InChI=1S/C22H26N4O3S/c1-14(2)13-26-9-8-16-10-18(6-7-20(16)26)24-21-19(22(27)25-30(3,28)29)11-17(12-23-21)15-4-5-15/h6-12,14-15H,4-5,13H2,1-3H3,(H,23,24)(H,25,27). The summed E-state index contributed by atoms with van der Waals surface area (Å²) in [5, 5.41) is 4.27. The predicted molar refractivity (Wildman–Crippen MR) is 119 cm³/mol. The van der Waals surface area contributed by atoms with E-state index in [1.165, 1.54) is 0 Å². The topological polar surface area (TPSA) is 93.1 Å². The van der Waals surface area contributed by atoms with E-state index in [9.17, 15) is 13.2 Å². The summed E-state index contributed by atoms with van der Waals surface area (Å²) in [7, 11) is -3.67. The Morgan fingerprint density at radius 2 is 2.00 bits per heavy atom. The van der Waals surface area contributed by atoms with Gasteiger partial charge in [-0.05, 0) is 60.6 Å². The van der Waals surface area contributed by atoms with Crippen molar-refractivity contribution < 1.29 is 13.2 Å². The van der Waals surface area contributed by atoms with Gasteiger partial charge in [0.1, 0.15) is 5.82 Å². The highest BCUT2D eigenvalue weighted by molar-refractivity contribution is 7.89. The van der Waals surface area contributed by atoms with E-state index in [4.69, 9.17) is 0 Å². The third-order valence-electron chi connectivity index (χ3n) is 5.08. The zero-order valence-electron chi connectivity index (χ0n) is 17.3. The van der Waals surface area contributed by atoms with E-state index in [2.05, 4.69) is 41.0 Å². The fraction of sp³-hybridized carbons (Fsp3) is 0.364. The summed E-state index contributed by atoms with van der Waals surface area (Å²) in [5.74, 6) is 0.595. The van der Waals surface area contributed by atoms with Crippen molar-refractivity contribution in [2.24, 2.45) is 5.92 Å². The summed E-state index contributed by atoms with van der Waals surface area (Å²) < 4.78 is 27.4. The number of nitrogens with one attached hydrogen (secondary N) is 2. The Kier molecular flexibility index (Phi) is 5.27. The second kappa shape index (κ2) is 7.75. The molecule has 1 amide bonds. The van der Waals surface area contributed by atoms with Crippen LogP contribution < -0.4 is 10.0 Å². The molecule has 1 aliphatic rings. The summed E-state index contributed by atoms with van der Waals surface area (Å²) in [6, 6.07) is 9.78. The molecule has 0 spiro atoms. The highest BCUT2D eigenvalue weighted by Crippen LogP contribution is 2.40. The number of hydrogen-bond donors (Lipinski definition) is 2. The first kappa shape index (κ1) is 20.4. The second-order valence-corrected chi connectivity index (χ2v) is 10.2. The lowest BCUT2D eigenvalue weighted by Crippen LogP contribution is -2.30. The van der Waals surface area contributed by atoms with Gasteiger partial charge in [0, 0.05) is 35.5 Å². The van der Waals surface area contributed by atoms with Crippen LogP contribution in [0.5, 0.6) is 0 Å². The number of hydrogen-bond acceptors (Lipinski definition) is 5. The number of anilines is 2. The Hall–Kier alpha value is -2.87. The van der Waals surface area contributed by atoms with Crippen LogP contribution in [-0.4, -0.2) is 30.1 Å². The average molecular weight is 427 g/mol. The molecule has 1 aliphatic carbocycles. The lowest BCUT2D eigenvalue weighted by molar-refractivity contribution is 0.0982. The molecule has 158 valence electrons. The van der Waals surface area contributed by atoms with Crippen LogP contribution in [0, 0.1) is 5.92 Å². The Balaban J connectivity index is 1.65. The molecule has 2 aromatic heterocycles. The molecule has 0 aliphatic heterocycles. The molecule has 0 radical (unpaired) electrons. The van der Waals surface area contributed by atoms with Gasteiger partial charge in [-0.25, -0.2) is 18.1 Å². The number of carbonyl (C=O) groups is 1. The van der Waals surface area contributed by atoms with Crippen molar-refractivity contribution in [2.75, 3.05) is 11.6 Å². The number of fused-ring (bicyclic) bond motifs is 1. The molecule has 8 heteroatoms. The van der Waals surface area contributed by atoms with E-state index < -0.39 is 15.9 Å². The first-order chi connectivity index (χ1) is 14.2. The van der Waals surface area contributed by atoms with Crippen molar-refractivity contribution in [3.8, 4) is 0 Å². The van der Waals surface area contributed by atoms with Gasteiger partial charge >= 0.3 is 0 Å². The lowest BCUT2D eigenvalue weighted by Gasteiger charge is -2.13. The monoisotopic (exact) mass is 426 g/mol. The summed E-state index contributed by atoms with van der Waals surface area (Å²) in [5.41, 5.74) is 3.11. The smallest absolute Gasteiger partial charge is 0.268 e. The molecular formula is C22H26N4O3S. The van der Waals surface area contributed by atoms with Gasteiger partial charge in [0.15, 0.2) is 0 Å². The van der Waals surface area contributed by atoms with E-state index in [1.54, 1.807) is 12.3 Å². The van der Waals surface area contributed by atoms with Gasteiger partial charge in [-0.2, -0.15) is 0 Å². The molecule has 1 aromatic carbocycles. The third kappa shape index (κ3) is 4.64. The molecule has 7 nitrogen and oxygen atoms in total. The number of carbonyl (C=O) groups excluding carboxylic acids is 1. The van der Waals surface area contributed by atoms with Crippen molar-refractivity contribution in [2.45, 2.75) is 39.2 Å². The predicted octanol–water partition coefficient (Wildman–Crippen LogP) is 4.00. The molecule has 4 rings (SSSR count). The minimum Gasteiger partial charge on any atom is -0.347 e. The number of nitrogens with zero attached hydrogens (tertiary/aromatic N) is 2. The van der Waals surface area contributed by atoms with Crippen LogP contribution in [0.1, 0.15) is 48.5 Å². The van der Waals surface area contributed by atoms with Gasteiger partial charge in [-0.3, -0.25) is 4.79 Å². The van der Waals surface area contributed by atoms with Crippen molar-refractivity contribution in [1.82, 2.24) is 14.3 Å².